The van der Waals surface area contributed by atoms with Gasteiger partial charge in [0.1, 0.15) is 0 Å². The standard InChI is InChI=1S/C22H36O5/c1-11(20(26)27)14-4-5-15-19-16(10-18(25)22(14,15)3)21(2)7-6-13(23)8-12(21)9-17(19)24/h11-19,23-25H,4-10H2,1-3H3,(H,26,27)/t11-,12-,13+,14+,15-,16-,17-,18-,19-,21-,22+/m0/s1. The summed E-state index contributed by atoms with van der Waals surface area (Å²) in [4.78, 5) is 11.7. The van der Waals surface area contributed by atoms with Crippen molar-refractivity contribution in [3.63, 3.8) is 0 Å². The van der Waals surface area contributed by atoms with Crippen molar-refractivity contribution in [3.8, 4) is 0 Å². The normalized spacial score (nSPS) is 55.9. The van der Waals surface area contributed by atoms with Gasteiger partial charge in [-0.15, -0.1) is 0 Å². The van der Waals surface area contributed by atoms with Gasteiger partial charge in [-0.05, 0) is 80.0 Å². The molecule has 0 saturated heterocycles. The zero-order chi connectivity index (χ0) is 19.7. The molecule has 4 saturated carbocycles. The molecule has 0 radical (unpaired) electrons. The summed E-state index contributed by atoms with van der Waals surface area (Å²) in [5.74, 6) is -0.413. The third kappa shape index (κ3) is 2.64. The van der Waals surface area contributed by atoms with Crippen LogP contribution in [0.25, 0.3) is 0 Å². The van der Waals surface area contributed by atoms with E-state index in [-0.39, 0.29) is 35.2 Å². The summed E-state index contributed by atoms with van der Waals surface area (Å²) in [6.45, 7) is 6.17. The molecule has 5 heteroatoms. The monoisotopic (exact) mass is 380 g/mol. The molecule has 0 bridgehead atoms. The van der Waals surface area contributed by atoms with E-state index in [4.69, 9.17) is 0 Å². The van der Waals surface area contributed by atoms with Crippen molar-refractivity contribution < 1.29 is 25.2 Å². The van der Waals surface area contributed by atoms with E-state index >= 15 is 0 Å². The fraction of sp³-hybridized carbons (Fsp3) is 0.955. The van der Waals surface area contributed by atoms with Crippen LogP contribution in [-0.2, 0) is 4.79 Å². The van der Waals surface area contributed by atoms with E-state index in [9.17, 15) is 25.2 Å². The van der Waals surface area contributed by atoms with Gasteiger partial charge in [0.2, 0.25) is 0 Å². The third-order valence-corrected chi connectivity index (χ3v) is 9.83. The number of hydrogen-bond donors (Lipinski definition) is 4. The first-order valence-electron chi connectivity index (χ1n) is 10.9. The highest BCUT2D eigenvalue weighted by molar-refractivity contribution is 5.70. The molecule has 0 aromatic carbocycles. The van der Waals surface area contributed by atoms with Crippen LogP contribution in [-0.4, -0.2) is 44.7 Å². The summed E-state index contributed by atoms with van der Waals surface area (Å²) < 4.78 is 0. The molecular formula is C22H36O5. The van der Waals surface area contributed by atoms with Crippen molar-refractivity contribution in [1.29, 1.82) is 0 Å². The second kappa shape index (κ2) is 6.43. The van der Waals surface area contributed by atoms with E-state index in [1.165, 1.54) is 0 Å². The lowest BCUT2D eigenvalue weighted by molar-refractivity contribution is -0.207. The van der Waals surface area contributed by atoms with Gasteiger partial charge >= 0.3 is 5.97 Å². The summed E-state index contributed by atoms with van der Waals surface area (Å²) in [5.41, 5.74) is -0.376. The lowest BCUT2D eigenvalue weighted by atomic mass is 9.43. The Morgan fingerprint density at radius 1 is 1.00 bits per heavy atom. The van der Waals surface area contributed by atoms with Gasteiger partial charge < -0.3 is 20.4 Å². The largest absolute Gasteiger partial charge is 0.481 e. The van der Waals surface area contributed by atoms with Crippen LogP contribution in [0.2, 0.25) is 0 Å². The lowest BCUT2D eigenvalue weighted by Gasteiger charge is -2.63. The molecule has 4 N–H and O–H groups in total. The van der Waals surface area contributed by atoms with Crippen LogP contribution < -0.4 is 0 Å². The summed E-state index contributed by atoms with van der Waals surface area (Å²) in [6.07, 6.45) is 4.43. The summed E-state index contributed by atoms with van der Waals surface area (Å²) >= 11 is 0. The van der Waals surface area contributed by atoms with Crippen LogP contribution in [0.15, 0.2) is 0 Å². The molecule has 4 rings (SSSR count). The molecule has 0 amide bonds. The smallest absolute Gasteiger partial charge is 0.306 e. The van der Waals surface area contributed by atoms with Crippen molar-refractivity contribution in [3.05, 3.63) is 0 Å². The second-order valence-electron chi connectivity index (χ2n) is 10.7. The minimum absolute atomic E-state index is 0.0399. The van der Waals surface area contributed by atoms with Crippen molar-refractivity contribution in [2.45, 2.75) is 84.0 Å². The molecule has 0 unspecified atom stereocenters. The predicted molar refractivity (Wildman–Crippen MR) is 101 cm³/mol. The predicted octanol–water partition coefficient (Wildman–Crippen LogP) is 2.67. The maximum absolute atomic E-state index is 11.7. The topological polar surface area (TPSA) is 98.0 Å². The second-order valence-corrected chi connectivity index (χ2v) is 10.7. The van der Waals surface area contributed by atoms with Gasteiger partial charge in [-0.3, -0.25) is 4.79 Å². The quantitative estimate of drug-likeness (QED) is 0.590. The number of rotatable bonds is 2. The number of aliphatic carboxylic acids is 1. The van der Waals surface area contributed by atoms with Gasteiger partial charge in [0.05, 0.1) is 24.2 Å². The van der Waals surface area contributed by atoms with Crippen LogP contribution in [0.3, 0.4) is 0 Å². The van der Waals surface area contributed by atoms with Gasteiger partial charge in [-0.25, -0.2) is 0 Å². The number of fused-ring (bicyclic) bond motifs is 5. The minimum atomic E-state index is -0.784. The number of aliphatic hydroxyl groups excluding tert-OH is 3. The maximum atomic E-state index is 11.7. The summed E-state index contributed by atoms with van der Waals surface area (Å²) in [6, 6.07) is 0. The van der Waals surface area contributed by atoms with Gasteiger partial charge in [0.15, 0.2) is 0 Å². The first kappa shape index (κ1) is 19.7. The molecule has 27 heavy (non-hydrogen) atoms. The Morgan fingerprint density at radius 3 is 2.37 bits per heavy atom. The number of carboxylic acids is 1. The van der Waals surface area contributed by atoms with Crippen LogP contribution in [0, 0.1) is 46.3 Å². The Bertz CT molecular complexity index is 608. The van der Waals surface area contributed by atoms with E-state index in [1.54, 1.807) is 6.92 Å². The number of hydrogen-bond acceptors (Lipinski definition) is 4. The zero-order valence-corrected chi connectivity index (χ0v) is 16.8. The van der Waals surface area contributed by atoms with E-state index in [1.807, 2.05) is 0 Å². The molecule has 0 aromatic heterocycles. The first-order valence-corrected chi connectivity index (χ1v) is 10.9. The van der Waals surface area contributed by atoms with Gasteiger partial charge in [-0.1, -0.05) is 20.8 Å². The lowest BCUT2D eigenvalue weighted by Crippen LogP contribution is -2.62. The number of carbonyl (C=O) groups is 1. The zero-order valence-electron chi connectivity index (χ0n) is 16.8. The average Bonchev–Trinajstić information content (AvgIpc) is 2.95. The van der Waals surface area contributed by atoms with E-state index < -0.39 is 29.5 Å². The van der Waals surface area contributed by atoms with Crippen molar-refractivity contribution in [1.82, 2.24) is 0 Å². The Labute approximate surface area is 162 Å². The maximum Gasteiger partial charge on any atom is 0.306 e. The molecule has 4 fully saturated rings. The molecule has 0 aromatic rings. The van der Waals surface area contributed by atoms with E-state index in [0.717, 1.165) is 38.5 Å². The van der Waals surface area contributed by atoms with Crippen LogP contribution in [0.4, 0.5) is 0 Å². The van der Waals surface area contributed by atoms with Crippen LogP contribution >= 0.6 is 0 Å². The molecule has 11 atom stereocenters. The van der Waals surface area contributed by atoms with Crippen molar-refractivity contribution in [2.24, 2.45) is 46.3 Å². The molecular weight excluding hydrogens is 344 g/mol. The van der Waals surface area contributed by atoms with E-state index in [0.29, 0.717) is 12.3 Å². The highest BCUT2D eigenvalue weighted by atomic mass is 16.4. The fourth-order valence-corrected chi connectivity index (χ4v) is 8.19. The van der Waals surface area contributed by atoms with E-state index in [2.05, 4.69) is 13.8 Å². The molecule has 154 valence electrons. The Kier molecular flexibility index (Phi) is 4.68. The SMILES string of the molecule is C[C@H](C(=O)O)[C@H]1CC[C@H]2[C@@H]3[C@@H](O)C[C@@H]4C[C@H](O)CC[C@]4(C)[C@H]3C[C@H](O)[C@]12C. The van der Waals surface area contributed by atoms with Gasteiger partial charge in [0.25, 0.3) is 0 Å². The summed E-state index contributed by atoms with van der Waals surface area (Å²) in [5, 5.41) is 42.2. The van der Waals surface area contributed by atoms with Gasteiger partial charge in [0, 0.05) is 5.41 Å². The van der Waals surface area contributed by atoms with Crippen molar-refractivity contribution >= 4 is 5.97 Å². The Hall–Kier alpha value is -0.650. The first-order chi connectivity index (χ1) is 12.6. The Balaban J connectivity index is 1.69. The number of aliphatic hydroxyl groups is 3. The molecule has 0 spiro atoms. The molecule has 0 heterocycles. The van der Waals surface area contributed by atoms with Gasteiger partial charge in [-0.2, -0.15) is 0 Å². The molecule has 4 aliphatic carbocycles. The fourth-order valence-electron chi connectivity index (χ4n) is 8.19. The Morgan fingerprint density at radius 2 is 1.70 bits per heavy atom. The van der Waals surface area contributed by atoms with Crippen molar-refractivity contribution in [2.75, 3.05) is 0 Å². The highest BCUT2D eigenvalue weighted by Gasteiger charge is 2.66. The molecule has 5 nitrogen and oxygen atoms in total. The average molecular weight is 381 g/mol. The van der Waals surface area contributed by atoms with Crippen LogP contribution in [0.5, 0.6) is 0 Å². The molecule has 4 aliphatic rings. The third-order valence-electron chi connectivity index (χ3n) is 9.83. The molecule has 0 aliphatic heterocycles. The number of carboxylic acid groups (broad SMARTS) is 1. The van der Waals surface area contributed by atoms with Crippen LogP contribution in [0.1, 0.15) is 65.7 Å². The summed E-state index contributed by atoms with van der Waals surface area (Å²) in [7, 11) is 0. The highest BCUT2D eigenvalue weighted by Crippen LogP contribution is 2.68. The minimum Gasteiger partial charge on any atom is -0.481 e.